The van der Waals surface area contributed by atoms with E-state index in [9.17, 15) is 4.79 Å². The maximum absolute atomic E-state index is 11.5. The number of hydrogen-bond donors (Lipinski definition) is 2. The number of hydrogen-bond acceptors (Lipinski definition) is 2. The van der Waals surface area contributed by atoms with E-state index in [1.165, 1.54) is 6.42 Å². The second-order valence-electron chi connectivity index (χ2n) is 4.54. The summed E-state index contributed by atoms with van der Waals surface area (Å²) in [6.07, 6.45) is 3.97. The van der Waals surface area contributed by atoms with Crippen LogP contribution in [0.4, 0.5) is 0 Å². The minimum atomic E-state index is 0.215. The fourth-order valence-electron chi connectivity index (χ4n) is 1.69. The summed E-state index contributed by atoms with van der Waals surface area (Å²) >= 11 is 0. The van der Waals surface area contributed by atoms with Crippen LogP contribution in [0.2, 0.25) is 0 Å². The van der Waals surface area contributed by atoms with Gasteiger partial charge in [0.05, 0.1) is 0 Å². The zero-order chi connectivity index (χ0) is 10.4. The van der Waals surface area contributed by atoms with E-state index in [1.807, 2.05) is 0 Å². The lowest BCUT2D eigenvalue weighted by molar-refractivity contribution is -0.122. The predicted molar refractivity (Wildman–Crippen MR) is 58.1 cm³/mol. The van der Waals surface area contributed by atoms with Crippen molar-refractivity contribution in [2.45, 2.75) is 45.6 Å². The van der Waals surface area contributed by atoms with E-state index in [0.717, 1.165) is 25.9 Å². The van der Waals surface area contributed by atoms with E-state index in [4.69, 9.17) is 0 Å². The molecular formula is C11H22N2O. The van der Waals surface area contributed by atoms with Crippen molar-refractivity contribution in [1.82, 2.24) is 10.6 Å². The van der Waals surface area contributed by atoms with Crippen LogP contribution in [0.3, 0.4) is 0 Å². The van der Waals surface area contributed by atoms with E-state index in [2.05, 4.69) is 24.5 Å². The summed E-state index contributed by atoms with van der Waals surface area (Å²) in [6.45, 7) is 6.33. The van der Waals surface area contributed by atoms with E-state index in [0.29, 0.717) is 18.4 Å². The number of nitrogens with one attached hydrogen (secondary N) is 2. The van der Waals surface area contributed by atoms with Crippen LogP contribution in [0.15, 0.2) is 0 Å². The lowest BCUT2D eigenvalue weighted by atomic mass is 10.1. The third kappa shape index (κ3) is 4.61. The standard InChI is InChI=1S/C11H22N2O/c1-9(2)5-6-11(14)13-10-4-3-7-12-8-10/h9-10,12H,3-8H2,1-2H3,(H,13,14). The van der Waals surface area contributed by atoms with Gasteiger partial charge >= 0.3 is 0 Å². The molecule has 1 amide bonds. The Morgan fingerprint density at radius 1 is 1.57 bits per heavy atom. The molecule has 0 radical (unpaired) electrons. The summed E-state index contributed by atoms with van der Waals surface area (Å²) in [5.41, 5.74) is 0. The fraction of sp³-hybridized carbons (Fsp3) is 0.909. The smallest absolute Gasteiger partial charge is 0.220 e. The molecule has 0 aromatic rings. The summed E-state index contributed by atoms with van der Waals surface area (Å²) in [4.78, 5) is 11.5. The Bertz CT molecular complexity index is 174. The Morgan fingerprint density at radius 3 is 2.93 bits per heavy atom. The number of carbonyl (C=O) groups is 1. The molecule has 1 aliphatic heterocycles. The Morgan fingerprint density at radius 2 is 2.36 bits per heavy atom. The predicted octanol–water partition coefficient (Wildman–Crippen LogP) is 1.29. The minimum absolute atomic E-state index is 0.215. The Kier molecular flexibility index (Phi) is 4.94. The molecule has 0 aliphatic carbocycles. The average Bonchev–Trinajstić information content (AvgIpc) is 2.16. The van der Waals surface area contributed by atoms with Gasteiger partial charge in [-0.2, -0.15) is 0 Å². The van der Waals surface area contributed by atoms with Gasteiger partial charge in [0.15, 0.2) is 0 Å². The summed E-state index contributed by atoms with van der Waals surface area (Å²) < 4.78 is 0. The van der Waals surface area contributed by atoms with Crippen molar-refractivity contribution in [3.8, 4) is 0 Å². The summed E-state index contributed by atoms with van der Waals surface area (Å²) in [7, 11) is 0. The van der Waals surface area contributed by atoms with Crippen molar-refractivity contribution in [2.75, 3.05) is 13.1 Å². The van der Waals surface area contributed by atoms with Gasteiger partial charge in [-0.25, -0.2) is 0 Å². The first-order valence-corrected chi connectivity index (χ1v) is 5.68. The quantitative estimate of drug-likeness (QED) is 0.714. The molecule has 0 saturated carbocycles. The lowest BCUT2D eigenvalue weighted by Crippen LogP contribution is -2.45. The van der Waals surface area contributed by atoms with Crippen LogP contribution in [0.25, 0.3) is 0 Å². The van der Waals surface area contributed by atoms with Crippen molar-refractivity contribution >= 4 is 5.91 Å². The first-order chi connectivity index (χ1) is 6.68. The van der Waals surface area contributed by atoms with Gasteiger partial charge in [0.25, 0.3) is 0 Å². The normalized spacial score (nSPS) is 22.4. The summed E-state index contributed by atoms with van der Waals surface area (Å²) in [6, 6.07) is 0.364. The first-order valence-electron chi connectivity index (χ1n) is 5.68. The molecule has 1 rings (SSSR count). The van der Waals surface area contributed by atoms with Gasteiger partial charge in [0.1, 0.15) is 0 Å². The van der Waals surface area contributed by atoms with Crippen LogP contribution in [0, 0.1) is 5.92 Å². The maximum atomic E-state index is 11.5. The highest BCUT2D eigenvalue weighted by molar-refractivity contribution is 5.76. The van der Waals surface area contributed by atoms with Crippen molar-refractivity contribution in [3.63, 3.8) is 0 Å². The van der Waals surface area contributed by atoms with E-state index >= 15 is 0 Å². The van der Waals surface area contributed by atoms with Crippen LogP contribution < -0.4 is 10.6 Å². The van der Waals surface area contributed by atoms with Gasteiger partial charge in [0.2, 0.25) is 5.91 Å². The molecule has 3 heteroatoms. The van der Waals surface area contributed by atoms with E-state index in [-0.39, 0.29) is 5.91 Å². The topological polar surface area (TPSA) is 41.1 Å². The van der Waals surface area contributed by atoms with Crippen molar-refractivity contribution in [1.29, 1.82) is 0 Å². The van der Waals surface area contributed by atoms with Crippen LogP contribution in [-0.2, 0) is 4.79 Å². The number of rotatable bonds is 4. The van der Waals surface area contributed by atoms with E-state index in [1.54, 1.807) is 0 Å². The maximum Gasteiger partial charge on any atom is 0.220 e. The van der Waals surface area contributed by atoms with Gasteiger partial charge in [-0.1, -0.05) is 13.8 Å². The van der Waals surface area contributed by atoms with Gasteiger partial charge < -0.3 is 10.6 Å². The second-order valence-corrected chi connectivity index (χ2v) is 4.54. The van der Waals surface area contributed by atoms with Crippen molar-refractivity contribution in [3.05, 3.63) is 0 Å². The second kappa shape index (κ2) is 6.02. The molecule has 0 aromatic heterocycles. The number of carbonyl (C=O) groups excluding carboxylic acids is 1. The van der Waals surface area contributed by atoms with Crippen LogP contribution in [0.1, 0.15) is 39.5 Å². The van der Waals surface area contributed by atoms with Crippen LogP contribution >= 0.6 is 0 Å². The zero-order valence-electron chi connectivity index (χ0n) is 9.31. The first kappa shape index (κ1) is 11.5. The van der Waals surface area contributed by atoms with Gasteiger partial charge in [-0.3, -0.25) is 4.79 Å². The van der Waals surface area contributed by atoms with Crippen molar-refractivity contribution < 1.29 is 4.79 Å². The molecule has 0 bridgehead atoms. The summed E-state index contributed by atoms with van der Waals surface area (Å²) in [5.74, 6) is 0.831. The highest BCUT2D eigenvalue weighted by Crippen LogP contribution is 2.05. The Hall–Kier alpha value is -0.570. The molecule has 1 atom stereocenters. The SMILES string of the molecule is CC(C)CCC(=O)NC1CCCNC1. The molecule has 0 aromatic carbocycles. The molecule has 3 nitrogen and oxygen atoms in total. The molecule has 82 valence electrons. The monoisotopic (exact) mass is 198 g/mol. The highest BCUT2D eigenvalue weighted by Gasteiger charge is 2.14. The zero-order valence-corrected chi connectivity index (χ0v) is 9.31. The lowest BCUT2D eigenvalue weighted by Gasteiger charge is -2.23. The third-order valence-corrected chi connectivity index (χ3v) is 2.61. The highest BCUT2D eigenvalue weighted by atomic mass is 16.1. The minimum Gasteiger partial charge on any atom is -0.352 e. The van der Waals surface area contributed by atoms with Crippen molar-refractivity contribution in [2.24, 2.45) is 5.92 Å². The molecule has 1 saturated heterocycles. The molecule has 1 fully saturated rings. The number of piperidine rings is 1. The average molecular weight is 198 g/mol. The van der Waals surface area contributed by atoms with Crippen LogP contribution in [-0.4, -0.2) is 25.0 Å². The molecular weight excluding hydrogens is 176 g/mol. The van der Waals surface area contributed by atoms with E-state index < -0.39 is 0 Å². The molecule has 1 aliphatic rings. The number of amides is 1. The Balaban J connectivity index is 2.12. The molecule has 14 heavy (non-hydrogen) atoms. The molecule has 2 N–H and O–H groups in total. The van der Waals surface area contributed by atoms with Gasteiger partial charge in [0, 0.05) is 19.0 Å². The molecule has 1 unspecified atom stereocenters. The molecule has 0 spiro atoms. The third-order valence-electron chi connectivity index (χ3n) is 2.61. The van der Waals surface area contributed by atoms with Crippen LogP contribution in [0.5, 0.6) is 0 Å². The van der Waals surface area contributed by atoms with Gasteiger partial charge in [-0.05, 0) is 31.7 Å². The fourth-order valence-corrected chi connectivity index (χ4v) is 1.69. The molecule has 1 heterocycles. The summed E-state index contributed by atoms with van der Waals surface area (Å²) in [5, 5.41) is 6.36. The largest absolute Gasteiger partial charge is 0.352 e. The van der Waals surface area contributed by atoms with Gasteiger partial charge in [-0.15, -0.1) is 0 Å². The Labute approximate surface area is 86.6 Å².